The lowest BCUT2D eigenvalue weighted by molar-refractivity contribution is -0.234. The van der Waals surface area contributed by atoms with Crippen LogP contribution >= 0.6 is 0 Å². The predicted octanol–water partition coefficient (Wildman–Crippen LogP) is 5.18. The van der Waals surface area contributed by atoms with Crippen LogP contribution in [0.2, 0.25) is 0 Å². The van der Waals surface area contributed by atoms with Crippen LogP contribution in [-0.2, 0) is 14.2 Å². The number of methoxy groups -OCH3 is 1. The lowest BCUT2D eigenvalue weighted by Gasteiger charge is -2.62. The third kappa shape index (κ3) is 2.29. The van der Waals surface area contributed by atoms with E-state index in [9.17, 15) is 0 Å². The Morgan fingerprint density at radius 1 is 0.923 bits per heavy atom. The van der Waals surface area contributed by atoms with Gasteiger partial charge in [-0.15, -0.1) is 0 Å². The summed E-state index contributed by atoms with van der Waals surface area (Å²) in [5, 5.41) is 0. The largest absolute Gasteiger partial charge is 0.381 e. The van der Waals surface area contributed by atoms with Gasteiger partial charge < -0.3 is 14.2 Å². The van der Waals surface area contributed by atoms with Gasteiger partial charge >= 0.3 is 0 Å². The van der Waals surface area contributed by atoms with E-state index in [1.54, 1.807) is 0 Å². The van der Waals surface area contributed by atoms with Crippen molar-refractivity contribution in [3.05, 3.63) is 0 Å². The molecule has 0 N–H and O–H groups in total. The Morgan fingerprint density at radius 3 is 2.46 bits per heavy atom. The summed E-state index contributed by atoms with van der Waals surface area (Å²) in [6.45, 7) is 6.63. The first-order valence-electron chi connectivity index (χ1n) is 11.4. The topological polar surface area (TPSA) is 27.7 Å². The summed E-state index contributed by atoms with van der Waals surface area (Å²) in [6, 6.07) is 0. The van der Waals surface area contributed by atoms with E-state index in [-0.39, 0.29) is 5.79 Å². The van der Waals surface area contributed by atoms with E-state index < -0.39 is 0 Å². The minimum absolute atomic E-state index is 0.214. The van der Waals surface area contributed by atoms with Crippen LogP contribution in [0.4, 0.5) is 0 Å². The van der Waals surface area contributed by atoms with Crippen LogP contribution in [-0.4, -0.2) is 32.2 Å². The maximum Gasteiger partial charge on any atom is 0.168 e. The van der Waals surface area contributed by atoms with Crippen LogP contribution in [0, 0.1) is 34.5 Å². The Morgan fingerprint density at radius 2 is 1.73 bits per heavy atom. The normalized spacial score (nSPS) is 52.5. The van der Waals surface area contributed by atoms with E-state index in [0.29, 0.717) is 16.9 Å². The van der Waals surface area contributed by atoms with Gasteiger partial charge in [0.05, 0.1) is 19.3 Å². The summed E-state index contributed by atoms with van der Waals surface area (Å²) < 4.78 is 18.2. The zero-order chi connectivity index (χ0) is 18.0. The van der Waals surface area contributed by atoms with E-state index in [1.807, 2.05) is 7.11 Å². The summed E-state index contributed by atoms with van der Waals surface area (Å²) >= 11 is 0. The van der Waals surface area contributed by atoms with E-state index in [0.717, 1.165) is 49.7 Å². The first-order valence-corrected chi connectivity index (χ1v) is 11.4. The Bertz CT molecular complexity index is 542. The summed E-state index contributed by atoms with van der Waals surface area (Å²) in [6.07, 6.45) is 13.8. The average molecular weight is 363 g/mol. The maximum absolute atomic E-state index is 6.13. The fraction of sp³-hybridized carbons (Fsp3) is 1.00. The van der Waals surface area contributed by atoms with Gasteiger partial charge in [0.2, 0.25) is 0 Å². The molecule has 3 heteroatoms. The van der Waals surface area contributed by atoms with Crippen molar-refractivity contribution in [2.75, 3.05) is 20.3 Å². The molecule has 7 atom stereocenters. The van der Waals surface area contributed by atoms with Crippen molar-refractivity contribution in [3.8, 4) is 0 Å². The fourth-order valence-electron chi connectivity index (χ4n) is 8.81. The van der Waals surface area contributed by atoms with Crippen molar-refractivity contribution in [1.29, 1.82) is 0 Å². The van der Waals surface area contributed by atoms with Crippen LogP contribution in [0.1, 0.15) is 78.1 Å². The van der Waals surface area contributed by atoms with E-state index in [4.69, 9.17) is 14.2 Å². The molecule has 0 unspecified atom stereocenters. The molecule has 5 fully saturated rings. The lowest BCUT2D eigenvalue weighted by Crippen LogP contribution is -2.57. The van der Waals surface area contributed by atoms with Crippen molar-refractivity contribution in [2.24, 2.45) is 34.5 Å². The number of hydrogen-bond acceptors (Lipinski definition) is 3. The molecule has 0 bridgehead atoms. The van der Waals surface area contributed by atoms with Gasteiger partial charge in [-0.3, -0.25) is 0 Å². The van der Waals surface area contributed by atoms with Gasteiger partial charge in [0.1, 0.15) is 0 Å². The molecule has 1 aliphatic heterocycles. The number of rotatable bonds is 2. The van der Waals surface area contributed by atoms with Crippen molar-refractivity contribution >= 4 is 0 Å². The van der Waals surface area contributed by atoms with Crippen LogP contribution in [0.5, 0.6) is 0 Å². The molecule has 1 heterocycles. The maximum atomic E-state index is 6.13. The molecule has 1 saturated heterocycles. The second-order valence-electron chi connectivity index (χ2n) is 10.4. The van der Waals surface area contributed by atoms with Crippen LogP contribution in [0.25, 0.3) is 0 Å². The Kier molecular flexibility index (Phi) is 4.27. The van der Waals surface area contributed by atoms with Gasteiger partial charge in [0, 0.05) is 20.0 Å². The average Bonchev–Trinajstić information content (AvgIpc) is 3.25. The number of hydrogen-bond donors (Lipinski definition) is 0. The van der Waals surface area contributed by atoms with Crippen LogP contribution in [0.3, 0.4) is 0 Å². The van der Waals surface area contributed by atoms with Crippen molar-refractivity contribution in [1.82, 2.24) is 0 Å². The van der Waals surface area contributed by atoms with Gasteiger partial charge in [-0.05, 0) is 85.9 Å². The summed E-state index contributed by atoms with van der Waals surface area (Å²) in [7, 11) is 1.94. The van der Waals surface area contributed by atoms with E-state index in [1.165, 1.54) is 51.4 Å². The Balaban J connectivity index is 1.42. The third-order valence-electron chi connectivity index (χ3n) is 10.0. The molecule has 0 aromatic rings. The second-order valence-corrected chi connectivity index (χ2v) is 10.4. The van der Waals surface area contributed by atoms with E-state index >= 15 is 0 Å². The highest BCUT2D eigenvalue weighted by atomic mass is 16.7. The summed E-state index contributed by atoms with van der Waals surface area (Å²) in [5.74, 6) is 3.35. The summed E-state index contributed by atoms with van der Waals surface area (Å²) in [4.78, 5) is 0. The third-order valence-corrected chi connectivity index (χ3v) is 10.0. The van der Waals surface area contributed by atoms with Crippen molar-refractivity contribution < 1.29 is 14.2 Å². The minimum atomic E-state index is -0.214. The van der Waals surface area contributed by atoms with Crippen molar-refractivity contribution in [3.63, 3.8) is 0 Å². The highest BCUT2D eigenvalue weighted by molar-refractivity contribution is 5.11. The van der Waals surface area contributed by atoms with Crippen molar-refractivity contribution in [2.45, 2.75) is 89.9 Å². The van der Waals surface area contributed by atoms with Gasteiger partial charge in [-0.2, -0.15) is 0 Å². The number of ether oxygens (including phenoxy) is 3. The number of fused-ring (bicyclic) bond motifs is 5. The monoisotopic (exact) mass is 362 g/mol. The Hall–Kier alpha value is -0.120. The standard InChI is InChI=1S/C23H38O3/c1-4-22-11-12-23(25-13-14-26-23)15-16(22)5-6-17-18-7-8-20(24-3)21(18,2)10-9-19(17)22/h16-20H,4-15H2,1-3H3/t16-,17-,18-,19-,20-,21-,22-/m0/s1. The quantitative estimate of drug-likeness (QED) is 0.677. The van der Waals surface area contributed by atoms with Gasteiger partial charge in [0.25, 0.3) is 0 Å². The predicted molar refractivity (Wildman–Crippen MR) is 102 cm³/mol. The molecule has 3 nitrogen and oxygen atoms in total. The molecule has 4 saturated carbocycles. The first-order chi connectivity index (χ1) is 12.6. The molecule has 148 valence electrons. The highest BCUT2D eigenvalue weighted by Gasteiger charge is 2.63. The Labute approximate surface area is 159 Å². The molecule has 26 heavy (non-hydrogen) atoms. The molecule has 4 aliphatic carbocycles. The molecule has 0 aromatic carbocycles. The molecule has 5 rings (SSSR count). The SMILES string of the molecule is CC[C@]12CCC3(C[C@@H]1CC[C@H]1[C@@H]4CC[C@H](OC)[C@@]4(C)CC[C@@H]12)OCCO3. The van der Waals surface area contributed by atoms with Crippen LogP contribution in [0.15, 0.2) is 0 Å². The lowest BCUT2D eigenvalue weighted by atomic mass is 9.43. The van der Waals surface area contributed by atoms with Gasteiger partial charge in [-0.25, -0.2) is 0 Å². The molecule has 5 aliphatic rings. The smallest absolute Gasteiger partial charge is 0.168 e. The zero-order valence-electron chi connectivity index (χ0n) is 17.1. The van der Waals surface area contributed by atoms with Gasteiger partial charge in [0.15, 0.2) is 5.79 Å². The molecule has 0 aromatic heterocycles. The molecule has 0 radical (unpaired) electrons. The highest BCUT2D eigenvalue weighted by Crippen LogP contribution is 2.68. The first kappa shape index (κ1) is 17.9. The minimum Gasteiger partial charge on any atom is -0.381 e. The van der Waals surface area contributed by atoms with E-state index in [2.05, 4.69) is 13.8 Å². The second kappa shape index (κ2) is 6.19. The summed E-state index contributed by atoms with van der Waals surface area (Å²) in [5.41, 5.74) is 0.987. The zero-order valence-corrected chi connectivity index (χ0v) is 17.1. The fourth-order valence-corrected chi connectivity index (χ4v) is 8.81. The molecular formula is C23H38O3. The van der Waals surface area contributed by atoms with Gasteiger partial charge in [-0.1, -0.05) is 13.8 Å². The van der Waals surface area contributed by atoms with Crippen LogP contribution < -0.4 is 0 Å². The molecule has 0 amide bonds. The molecule has 1 spiro atoms. The molecular weight excluding hydrogens is 324 g/mol.